The Morgan fingerprint density at radius 2 is 1.88 bits per heavy atom. The van der Waals surface area contributed by atoms with Gasteiger partial charge in [0, 0.05) is 44.3 Å². The zero-order valence-electron chi connectivity index (χ0n) is 19.0. The molecule has 2 N–H and O–H groups in total. The van der Waals surface area contributed by atoms with Gasteiger partial charge in [-0.2, -0.15) is 22.3 Å². The Morgan fingerprint density at radius 1 is 1.18 bits per heavy atom. The van der Waals surface area contributed by atoms with Gasteiger partial charge in [0.15, 0.2) is 0 Å². The maximum Gasteiger partial charge on any atom is 0.282 e. The van der Waals surface area contributed by atoms with Gasteiger partial charge in [-0.1, -0.05) is 23.7 Å². The second-order valence-electron chi connectivity index (χ2n) is 8.99. The fraction of sp³-hybridized carbons (Fsp3) is 0.591. The van der Waals surface area contributed by atoms with E-state index in [1.807, 2.05) is 19.1 Å². The molecule has 3 aliphatic heterocycles. The van der Waals surface area contributed by atoms with Gasteiger partial charge in [0.25, 0.3) is 10.2 Å². The summed E-state index contributed by atoms with van der Waals surface area (Å²) in [4.78, 5) is 27.9. The van der Waals surface area contributed by atoms with E-state index in [4.69, 9.17) is 16.9 Å². The van der Waals surface area contributed by atoms with Crippen LogP contribution in [-0.4, -0.2) is 85.1 Å². The van der Waals surface area contributed by atoms with Crippen LogP contribution in [0, 0.1) is 17.2 Å². The lowest BCUT2D eigenvalue weighted by atomic mass is 10.1. The van der Waals surface area contributed by atoms with E-state index >= 15 is 0 Å². The average Bonchev–Trinajstić information content (AvgIpc) is 3.28. The number of likely N-dealkylation sites (tertiary alicyclic amines) is 1. The van der Waals surface area contributed by atoms with Crippen LogP contribution in [0.3, 0.4) is 0 Å². The van der Waals surface area contributed by atoms with Crippen LogP contribution in [-0.2, 0) is 19.8 Å². The van der Waals surface area contributed by atoms with Crippen molar-refractivity contribution in [2.24, 2.45) is 5.92 Å². The summed E-state index contributed by atoms with van der Waals surface area (Å²) < 4.78 is 28.3. The third-order valence-electron chi connectivity index (χ3n) is 6.69. The van der Waals surface area contributed by atoms with Crippen LogP contribution >= 0.6 is 11.6 Å². The van der Waals surface area contributed by atoms with E-state index in [1.54, 1.807) is 17.0 Å². The summed E-state index contributed by atoms with van der Waals surface area (Å²) in [7, 11) is -3.72. The molecule has 34 heavy (non-hydrogen) atoms. The highest BCUT2D eigenvalue weighted by Crippen LogP contribution is 2.25. The molecule has 1 aromatic carbocycles. The monoisotopic (exact) mass is 508 g/mol. The quantitative estimate of drug-likeness (QED) is 0.575. The van der Waals surface area contributed by atoms with E-state index in [0.717, 1.165) is 5.56 Å². The van der Waals surface area contributed by atoms with Crippen LogP contribution in [0.5, 0.6) is 0 Å². The van der Waals surface area contributed by atoms with Crippen molar-refractivity contribution in [2.75, 3.05) is 39.3 Å². The molecule has 0 saturated carbocycles. The van der Waals surface area contributed by atoms with Crippen molar-refractivity contribution in [3.8, 4) is 6.07 Å². The number of carbonyl (C=O) groups excluding carboxylic acids is 2. The SMILES string of the molecule is CC(NC(=O)[C@H]1CCCN1C(=O)[C@@H]1CN(S(=O)(=O)N2CC(C#N)C2)CCN1)c1ccc(Cl)cc1. The highest BCUT2D eigenvalue weighted by atomic mass is 35.5. The van der Waals surface area contributed by atoms with Crippen molar-refractivity contribution >= 4 is 33.6 Å². The molecule has 12 heteroatoms. The van der Waals surface area contributed by atoms with Crippen molar-refractivity contribution in [3.63, 3.8) is 0 Å². The molecular formula is C22H29ClN6O4S. The maximum absolute atomic E-state index is 13.3. The lowest BCUT2D eigenvalue weighted by Crippen LogP contribution is -2.63. The molecule has 0 radical (unpaired) electrons. The highest BCUT2D eigenvalue weighted by molar-refractivity contribution is 7.86. The minimum Gasteiger partial charge on any atom is -0.348 e. The number of hydrogen-bond donors (Lipinski definition) is 2. The molecule has 3 atom stereocenters. The van der Waals surface area contributed by atoms with Crippen molar-refractivity contribution < 1.29 is 18.0 Å². The van der Waals surface area contributed by atoms with Gasteiger partial charge < -0.3 is 15.5 Å². The molecule has 0 aromatic heterocycles. The van der Waals surface area contributed by atoms with Gasteiger partial charge in [0.05, 0.1) is 18.0 Å². The van der Waals surface area contributed by atoms with Crippen molar-refractivity contribution in [2.45, 2.75) is 37.9 Å². The second kappa shape index (κ2) is 10.2. The first-order valence-corrected chi connectivity index (χ1v) is 13.2. The largest absolute Gasteiger partial charge is 0.348 e. The molecule has 4 rings (SSSR count). The molecule has 0 aliphatic carbocycles. The van der Waals surface area contributed by atoms with E-state index in [9.17, 15) is 18.0 Å². The molecule has 1 unspecified atom stereocenters. The predicted molar refractivity (Wildman–Crippen MR) is 126 cm³/mol. The first-order valence-electron chi connectivity index (χ1n) is 11.4. The molecule has 0 bridgehead atoms. The molecule has 3 fully saturated rings. The van der Waals surface area contributed by atoms with Crippen LogP contribution in [0.25, 0.3) is 0 Å². The number of nitrogens with one attached hydrogen (secondary N) is 2. The van der Waals surface area contributed by atoms with Crippen molar-refractivity contribution in [1.82, 2.24) is 24.1 Å². The first-order chi connectivity index (χ1) is 16.2. The van der Waals surface area contributed by atoms with E-state index in [0.29, 0.717) is 31.0 Å². The Hall–Kier alpha value is -2.23. The van der Waals surface area contributed by atoms with Crippen LogP contribution in [0.15, 0.2) is 24.3 Å². The molecule has 3 heterocycles. The number of amides is 2. The lowest BCUT2D eigenvalue weighted by Gasteiger charge is -2.41. The summed E-state index contributed by atoms with van der Waals surface area (Å²) in [5, 5.41) is 15.6. The molecular weight excluding hydrogens is 480 g/mol. The number of nitrogens with zero attached hydrogens (tertiary/aromatic N) is 4. The average molecular weight is 509 g/mol. The highest BCUT2D eigenvalue weighted by Gasteiger charge is 2.44. The van der Waals surface area contributed by atoms with Gasteiger partial charge in [0.1, 0.15) is 12.1 Å². The van der Waals surface area contributed by atoms with Gasteiger partial charge in [0.2, 0.25) is 11.8 Å². The predicted octanol–water partition coefficient (Wildman–Crippen LogP) is 0.482. The molecule has 1 aromatic rings. The number of benzene rings is 1. The fourth-order valence-electron chi connectivity index (χ4n) is 4.62. The van der Waals surface area contributed by atoms with E-state index in [1.165, 1.54) is 8.61 Å². The number of halogens is 1. The van der Waals surface area contributed by atoms with E-state index < -0.39 is 22.3 Å². The van der Waals surface area contributed by atoms with E-state index in [-0.39, 0.29) is 50.0 Å². The number of hydrogen-bond acceptors (Lipinski definition) is 6. The van der Waals surface area contributed by atoms with Gasteiger partial charge >= 0.3 is 0 Å². The zero-order chi connectivity index (χ0) is 24.5. The van der Waals surface area contributed by atoms with Crippen LogP contribution in [0.2, 0.25) is 5.02 Å². The standard InChI is InChI=1S/C22H29ClN6O4S/c1-15(17-4-6-18(23)7-5-17)26-21(30)20-3-2-9-29(20)22(31)19-14-27(10-8-25-19)34(32,33)28-12-16(11-24)13-28/h4-7,15-16,19-20,25H,2-3,8-10,12-14H2,1H3,(H,26,30)/t15?,19-,20+/m0/s1. The third kappa shape index (κ3) is 5.06. The minimum absolute atomic E-state index is 0.000896. The fourth-order valence-corrected chi connectivity index (χ4v) is 6.47. The normalized spacial score (nSPS) is 25.4. The summed E-state index contributed by atoms with van der Waals surface area (Å²) >= 11 is 5.94. The zero-order valence-corrected chi connectivity index (χ0v) is 20.6. The topological polar surface area (TPSA) is 126 Å². The van der Waals surface area contributed by atoms with Crippen LogP contribution < -0.4 is 10.6 Å². The van der Waals surface area contributed by atoms with Crippen LogP contribution in [0.1, 0.15) is 31.4 Å². The van der Waals surface area contributed by atoms with Gasteiger partial charge in [-0.05, 0) is 37.5 Å². The molecule has 10 nitrogen and oxygen atoms in total. The van der Waals surface area contributed by atoms with Gasteiger partial charge in [-0.15, -0.1) is 0 Å². The first kappa shape index (κ1) is 24.9. The number of nitriles is 1. The smallest absolute Gasteiger partial charge is 0.282 e. The molecule has 3 aliphatic rings. The minimum atomic E-state index is -3.72. The Labute approximate surface area is 205 Å². The maximum atomic E-state index is 13.3. The molecule has 3 saturated heterocycles. The van der Waals surface area contributed by atoms with Gasteiger partial charge in [-0.25, -0.2) is 0 Å². The van der Waals surface area contributed by atoms with Crippen molar-refractivity contribution in [3.05, 3.63) is 34.9 Å². The van der Waals surface area contributed by atoms with Crippen molar-refractivity contribution in [1.29, 1.82) is 5.26 Å². The summed E-state index contributed by atoms with van der Waals surface area (Å²) in [6.07, 6.45) is 1.26. The lowest BCUT2D eigenvalue weighted by molar-refractivity contribution is -0.140. The molecule has 0 spiro atoms. The Kier molecular flexibility index (Phi) is 7.45. The molecule has 184 valence electrons. The summed E-state index contributed by atoms with van der Waals surface area (Å²) in [5.41, 5.74) is 0.910. The number of carbonyl (C=O) groups is 2. The number of rotatable bonds is 6. The van der Waals surface area contributed by atoms with Crippen LogP contribution in [0.4, 0.5) is 0 Å². The third-order valence-corrected chi connectivity index (χ3v) is 8.87. The Bertz CT molecular complexity index is 1070. The summed E-state index contributed by atoms with van der Waals surface area (Å²) in [6.45, 7) is 3.28. The molecule has 2 amide bonds. The second-order valence-corrected chi connectivity index (χ2v) is 11.4. The summed E-state index contributed by atoms with van der Waals surface area (Å²) in [5.74, 6) is -0.777. The Morgan fingerprint density at radius 3 is 2.56 bits per heavy atom. The van der Waals surface area contributed by atoms with Gasteiger partial charge in [-0.3, -0.25) is 9.59 Å². The summed E-state index contributed by atoms with van der Waals surface area (Å²) in [6, 6.07) is 7.73. The van der Waals surface area contributed by atoms with E-state index in [2.05, 4.69) is 16.7 Å². The number of piperazine rings is 1. The Balaban J connectivity index is 1.38.